The summed E-state index contributed by atoms with van der Waals surface area (Å²) in [5.41, 5.74) is 7.77. The summed E-state index contributed by atoms with van der Waals surface area (Å²) in [7, 11) is 1.60. The lowest BCUT2D eigenvalue weighted by molar-refractivity contribution is -0.150. The van der Waals surface area contributed by atoms with Gasteiger partial charge in [0.1, 0.15) is 17.6 Å². The van der Waals surface area contributed by atoms with E-state index in [0.29, 0.717) is 6.54 Å². The lowest BCUT2D eigenvalue weighted by Gasteiger charge is -2.45. The number of carbonyl (C=O) groups is 1. The summed E-state index contributed by atoms with van der Waals surface area (Å²) >= 11 is 0. The maximum atomic E-state index is 13.0. The van der Waals surface area contributed by atoms with Crippen LogP contribution in [0.4, 0.5) is 4.39 Å². The number of β-lactam (4-membered cyclic amide) rings is 1. The number of nitrogens with two attached hydrogens (primary N) is 1. The highest BCUT2D eigenvalue weighted by molar-refractivity contribution is 5.89. The molecule has 0 saturated carbocycles. The maximum absolute atomic E-state index is 13.0. The summed E-state index contributed by atoms with van der Waals surface area (Å²) in [6.07, 6.45) is 0. The van der Waals surface area contributed by atoms with E-state index in [0.717, 1.165) is 16.9 Å². The number of ether oxygens (including phenoxy) is 1. The Morgan fingerprint density at radius 1 is 1.23 bits per heavy atom. The highest BCUT2D eigenvalue weighted by atomic mass is 19.1. The zero-order chi connectivity index (χ0) is 15.7. The minimum absolute atomic E-state index is 0.0999. The topological polar surface area (TPSA) is 55.6 Å². The second kappa shape index (κ2) is 5.77. The molecule has 0 aliphatic carbocycles. The van der Waals surface area contributed by atoms with Crippen molar-refractivity contribution in [3.05, 3.63) is 65.5 Å². The molecular formula is C17H17FN2O2. The quantitative estimate of drug-likeness (QED) is 0.881. The molecule has 3 rings (SSSR count). The summed E-state index contributed by atoms with van der Waals surface area (Å²) in [5.74, 6) is 0.336. The van der Waals surface area contributed by atoms with Crippen molar-refractivity contribution in [1.82, 2.24) is 4.90 Å². The molecule has 0 spiro atoms. The number of hydrogen-bond donors (Lipinski definition) is 1. The van der Waals surface area contributed by atoms with Gasteiger partial charge < -0.3 is 15.4 Å². The summed E-state index contributed by atoms with van der Waals surface area (Å²) in [6.45, 7) is 0.411. The molecule has 1 saturated heterocycles. The van der Waals surface area contributed by atoms with Gasteiger partial charge in [-0.3, -0.25) is 4.79 Å². The SMILES string of the molecule is COc1cccc([C@@H]2[C@@H](N)C(=O)N2Cc2ccc(F)cc2)c1. The van der Waals surface area contributed by atoms with Crippen molar-refractivity contribution >= 4 is 5.91 Å². The standard InChI is InChI=1S/C17H17FN2O2/c1-22-14-4-2-3-12(9-14)16-15(19)17(21)20(16)10-11-5-7-13(18)8-6-11/h2-9,15-16H,10,19H2,1H3/t15-,16-/m1/s1. The van der Waals surface area contributed by atoms with Crippen molar-refractivity contribution < 1.29 is 13.9 Å². The first-order valence-electron chi connectivity index (χ1n) is 7.04. The van der Waals surface area contributed by atoms with E-state index in [1.54, 1.807) is 24.1 Å². The minimum atomic E-state index is -0.549. The van der Waals surface area contributed by atoms with Crippen LogP contribution in [0.5, 0.6) is 5.75 Å². The van der Waals surface area contributed by atoms with Crippen LogP contribution in [-0.4, -0.2) is 24.0 Å². The average Bonchev–Trinajstić information content (AvgIpc) is 2.56. The minimum Gasteiger partial charge on any atom is -0.497 e. The van der Waals surface area contributed by atoms with Crippen molar-refractivity contribution in [3.63, 3.8) is 0 Å². The molecule has 2 aromatic carbocycles. The fourth-order valence-electron chi connectivity index (χ4n) is 2.75. The van der Waals surface area contributed by atoms with Gasteiger partial charge in [-0.05, 0) is 35.4 Å². The molecule has 4 nitrogen and oxygen atoms in total. The van der Waals surface area contributed by atoms with E-state index >= 15 is 0 Å². The molecule has 0 unspecified atom stereocenters. The Kier molecular flexibility index (Phi) is 3.81. The van der Waals surface area contributed by atoms with Crippen molar-refractivity contribution in [2.45, 2.75) is 18.6 Å². The zero-order valence-corrected chi connectivity index (χ0v) is 12.2. The van der Waals surface area contributed by atoms with Crippen LogP contribution < -0.4 is 10.5 Å². The molecule has 1 heterocycles. The van der Waals surface area contributed by atoms with Crippen molar-refractivity contribution in [2.24, 2.45) is 5.73 Å². The number of carbonyl (C=O) groups excluding carboxylic acids is 1. The number of benzene rings is 2. The molecule has 1 aliphatic heterocycles. The Morgan fingerprint density at radius 2 is 1.95 bits per heavy atom. The van der Waals surface area contributed by atoms with Gasteiger partial charge in [0.2, 0.25) is 5.91 Å². The second-order valence-corrected chi connectivity index (χ2v) is 5.34. The van der Waals surface area contributed by atoms with Crippen LogP contribution in [-0.2, 0) is 11.3 Å². The number of likely N-dealkylation sites (tertiary alicyclic amines) is 1. The number of amides is 1. The molecule has 5 heteroatoms. The van der Waals surface area contributed by atoms with Crippen molar-refractivity contribution in [2.75, 3.05) is 7.11 Å². The lowest BCUT2D eigenvalue weighted by atomic mass is 9.88. The fourth-order valence-corrected chi connectivity index (χ4v) is 2.75. The number of rotatable bonds is 4. The molecule has 1 fully saturated rings. The molecule has 22 heavy (non-hydrogen) atoms. The summed E-state index contributed by atoms with van der Waals surface area (Å²) < 4.78 is 18.2. The first-order chi connectivity index (χ1) is 10.6. The van der Waals surface area contributed by atoms with E-state index in [-0.39, 0.29) is 17.8 Å². The molecule has 0 bridgehead atoms. The Balaban J connectivity index is 1.83. The van der Waals surface area contributed by atoms with Crippen LogP contribution in [0.2, 0.25) is 0 Å². The van der Waals surface area contributed by atoms with Crippen molar-refractivity contribution in [3.8, 4) is 5.75 Å². The molecular weight excluding hydrogens is 283 g/mol. The van der Waals surface area contributed by atoms with Gasteiger partial charge in [-0.15, -0.1) is 0 Å². The number of hydrogen-bond acceptors (Lipinski definition) is 3. The van der Waals surface area contributed by atoms with Crippen LogP contribution in [0.25, 0.3) is 0 Å². The summed E-state index contributed by atoms with van der Waals surface area (Å²) in [4.78, 5) is 13.8. The number of halogens is 1. The van der Waals surface area contributed by atoms with Gasteiger partial charge >= 0.3 is 0 Å². The first-order valence-corrected chi connectivity index (χ1v) is 7.04. The number of methoxy groups -OCH3 is 1. The average molecular weight is 300 g/mol. The number of nitrogens with zero attached hydrogens (tertiary/aromatic N) is 1. The van der Waals surface area contributed by atoms with E-state index in [9.17, 15) is 9.18 Å². The first kappa shape index (κ1) is 14.5. The van der Waals surface area contributed by atoms with Gasteiger partial charge in [0.05, 0.1) is 13.2 Å². The molecule has 114 valence electrons. The Hall–Kier alpha value is -2.40. The lowest BCUT2D eigenvalue weighted by Crippen LogP contribution is -2.62. The maximum Gasteiger partial charge on any atom is 0.242 e. The molecule has 2 atom stereocenters. The third-order valence-corrected chi connectivity index (χ3v) is 3.95. The van der Waals surface area contributed by atoms with Gasteiger partial charge in [-0.2, -0.15) is 0 Å². The third kappa shape index (κ3) is 2.55. The zero-order valence-electron chi connectivity index (χ0n) is 12.2. The monoisotopic (exact) mass is 300 g/mol. The highest BCUT2D eigenvalue weighted by Crippen LogP contribution is 2.36. The smallest absolute Gasteiger partial charge is 0.242 e. The predicted molar refractivity (Wildman–Crippen MR) is 80.7 cm³/mol. The summed E-state index contributed by atoms with van der Waals surface area (Å²) in [6, 6.07) is 12.9. The van der Waals surface area contributed by atoms with Gasteiger partial charge in [0, 0.05) is 6.54 Å². The normalized spacial score (nSPS) is 20.7. The van der Waals surface area contributed by atoms with Crippen LogP contribution in [0.15, 0.2) is 48.5 Å². The van der Waals surface area contributed by atoms with Gasteiger partial charge in [0.15, 0.2) is 0 Å². The predicted octanol–water partition coefficient (Wildman–Crippen LogP) is 2.25. The van der Waals surface area contributed by atoms with E-state index in [1.807, 2.05) is 24.3 Å². The molecule has 2 N–H and O–H groups in total. The van der Waals surface area contributed by atoms with Gasteiger partial charge in [-0.25, -0.2) is 4.39 Å². The molecule has 1 aliphatic rings. The van der Waals surface area contributed by atoms with E-state index in [4.69, 9.17) is 10.5 Å². The van der Waals surface area contributed by atoms with E-state index < -0.39 is 6.04 Å². The molecule has 2 aromatic rings. The molecule has 0 aromatic heterocycles. The Bertz CT molecular complexity index is 687. The second-order valence-electron chi connectivity index (χ2n) is 5.34. The Labute approximate surface area is 128 Å². The highest BCUT2D eigenvalue weighted by Gasteiger charge is 2.45. The van der Waals surface area contributed by atoms with Gasteiger partial charge in [-0.1, -0.05) is 24.3 Å². The van der Waals surface area contributed by atoms with Crippen LogP contribution in [0.1, 0.15) is 17.2 Å². The third-order valence-electron chi connectivity index (χ3n) is 3.95. The molecule has 1 amide bonds. The largest absolute Gasteiger partial charge is 0.497 e. The molecule has 0 radical (unpaired) electrons. The van der Waals surface area contributed by atoms with Crippen LogP contribution in [0, 0.1) is 5.82 Å². The van der Waals surface area contributed by atoms with E-state index in [2.05, 4.69) is 0 Å². The van der Waals surface area contributed by atoms with Crippen LogP contribution in [0.3, 0.4) is 0 Å². The summed E-state index contributed by atoms with van der Waals surface area (Å²) in [5, 5.41) is 0. The fraction of sp³-hybridized carbons (Fsp3) is 0.235. The van der Waals surface area contributed by atoms with Crippen molar-refractivity contribution in [1.29, 1.82) is 0 Å². The van der Waals surface area contributed by atoms with E-state index in [1.165, 1.54) is 12.1 Å². The Morgan fingerprint density at radius 3 is 2.64 bits per heavy atom. The van der Waals surface area contributed by atoms with Gasteiger partial charge in [0.25, 0.3) is 0 Å². The van der Waals surface area contributed by atoms with Crippen LogP contribution >= 0.6 is 0 Å².